The van der Waals surface area contributed by atoms with Crippen LogP contribution in [0.5, 0.6) is 0 Å². The van der Waals surface area contributed by atoms with Gasteiger partial charge in [-0.25, -0.2) is 18.0 Å². The van der Waals surface area contributed by atoms with Crippen LogP contribution in [0.3, 0.4) is 0 Å². The number of alkyl halides is 9. The van der Waals surface area contributed by atoms with E-state index in [-0.39, 0.29) is 134 Å². The summed E-state index contributed by atoms with van der Waals surface area (Å²) in [6.45, 7) is 32.7. The number of hydrogen-bond acceptors (Lipinski definition) is 15. The second kappa shape index (κ2) is 59.3. The number of ether oxygens (including phenoxy) is 2. The number of nitro benzene ring substituents is 1. The molecule has 0 unspecified atom stereocenters. The van der Waals surface area contributed by atoms with Crippen LogP contribution in [-0.2, 0) is 25.7 Å². The number of aliphatic hydroxyl groups excluding tert-OH is 1. The number of nitrogen functional groups attached to an aromatic ring is 1. The van der Waals surface area contributed by atoms with Gasteiger partial charge >= 0.3 is 55.1 Å². The van der Waals surface area contributed by atoms with Crippen LogP contribution < -0.4 is 15.8 Å². The van der Waals surface area contributed by atoms with Gasteiger partial charge in [0.1, 0.15) is 11.2 Å². The number of sulfonamides is 1. The van der Waals surface area contributed by atoms with Gasteiger partial charge in [0.2, 0.25) is 0 Å². The van der Waals surface area contributed by atoms with E-state index >= 15 is 0 Å². The van der Waals surface area contributed by atoms with E-state index in [2.05, 4.69) is 81.6 Å². The molecule has 7 fully saturated rings. The number of benzene rings is 8. The van der Waals surface area contributed by atoms with E-state index in [0.717, 1.165) is 157 Å². The molecular formula is C106H144Cl3F9N10O9SSn. The zero-order chi connectivity index (χ0) is 101. The monoisotopic (exact) mass is 2130 g/mol. The van der Waals surface area contributed by atoms with Gasteiger partial charge in [-0.15, -0.1) is 12.4 Å². The van der Waals surface area contributed by atoms with Crippen LogP contribution in [0.1, 0.15) is 181 Å². The van der Waals surface area contributed by atoms with E-state index in [9.17, 15) is 72.7 Å². The Morgan fingerprint density at radius 2 is 0.741 bits per heavy atom. The van der Waals surface area contributed by atoms with Gasteiger partial charge in [0.05, 0.1) is 55.4 Å². The van der Waals surface area contributed by atoms with E-state index in [1.807, 2.05) is 163 Å². The molecule has 2 radical (unpaired) electrons. The number of non-ortho nitro benzene ring substituents is 1. The standard InChI is InChI=1S/C21H24F4N2O2S.C16H22FNO2.C16H23NO3.C14H19FN2O2.C14H21FN2.C14H20FN.C11H14FN.3ClH.Sn/c1-2-10-27-13-16(12-22)20(14-27)15-6-8-18(9-7-15)26-30(28,29)19-5-3-4-17(11-19)21(23,24)25;1-16(2,3)20-15(19)18-10-13(9-17)14(11-18)12-7-5-4-6-8-12;1-16(2,3)20-15(19)17-9-13(11-18)14(10-17)12-7-5-4-6-8-12;1-2-7-16-9-12(8-15)14(10-16)11-3-5-13(6-4-11)17(18)19;1-2-7-17-9-12(8-15)14(10-17)11-3-5-13(16)6-4-11;1-2-8-16-10-13(9-15)14(11-16)12-6-4-3-5-7-12;12-6-10-7-13-8-11(10)9-4-2-1-3-5-9;;;;/h3-9,11,16,20,26H,2,10,12-14H2,1H3;4-8,13-14H,9-11H2,1-3H3;4-8,13-14,18H,9-11H2,1-3H3;3-6,12,14H,2,7-10H2,1H3;3-6,12,14H,2,7-10,16H2,1H3;3-7,13-14H,2,8-11H2,1H3;1-5,10-11,13H,6-8H2;3*1H;/q;;;;;;;;;;+2/p-2/t16-,20+;13-,14+;13-,14-;2*12-,14+;13-,14+;10-,11+;;;;/m0010000..../s1. The average molecular weight is 2130 g/mol. The number of nitro groups is 1. The second-order valence-electron chi connectivity index (χ2n) is 38.6. The van der Waals surface area contributed by atoms with Crippen molar-refractivity contribution in [3.8, 4) is 0 Å². The number of aliphatic hydroxyl groups is 1. The zero-order valence-electron chi connectivity index (χ0n) is 81.8. The molecule has 7 heterocycles. The first-order valence-corrected chi connectivity index (χ1v) is 56.8. The number of likely N-dealkylation sites (tertiary alicyclic amines) is 6. The minimum atomic E-state index is -4.63. The first-order valence-electron chi connectivity index (χ1n) is 48.1. The predicted octanol–water partition coefficient (Wildman–Crippen LogP) is 23.3. The molecule has 0 aliphatic carbocycles. The predicted molar refractivity (Wildman–Crippen MR) is 545 cm³/mol. The number of carbonyl (C=O) groups is 2. The molecule has 8 aromatic carbocycles. The number of rotatable bonds is 26. The van der Waals surface area contributed by atoms with Gasteiger partial charge in [0.25, 0.3) is 15.7 Å². The summed E-state index contributed by atoms with van der Waals surface area (Å²) < 4.78 is 155. The third-order valence-electron chi connectivity index (χ3n) is 26.0. The molecule has 0 spiro atoms. The molecule has 7 aliphatic rings. The fraction of sp³-hybridized carbons (Fsp3) is 0.528. The van der Waals surface area contributed by atoms with Crippen molar-refractivity contribution in [2.75, 3.05) is 175 Å². The van der Waals surface area contributed by atoms with E-state index in [4.69, 9.17) is 33.0 Å². The SMILES string of the molecule is CC(C)(C)OC(=O)N1C[C@H](CF)[C@@H](c2ccccc2)C1.CC(C)(C)OC(=O)N1C[C@H](CO)[C@@H](c2ccccc2)C1.CCCN1C[C@H](CF)[C@@H](c2ccc(N)cc2)C1.CCCN1C[C@H](CF)[C@@H](c2ccc(NS(=O)(=O)c3cccc(C(F)(F)F)c3)cc2)C1.CCCN1C[C@H](CF)[C@@H](c2ccc([N+](=O)[O-])cc2)C1.CCCN1C[C@H](CF)[C@@H](c2ccccc2)C1.Cl.FC[C@H]1CNC[C@@H]1c1ccccc1.[Cl][Sn][Cl]. The summed E-state index contributed by atoms with van der Waals surface area (Å²) in [7, 11) is 5.69. The van der Waals surface area contributed by atoms with E-state index < -0.39 is 75.0 Å². The van der Waals surface area contributed by atoms with Gasteiger partial charge < -0.3 is 55.0 Å². The number of carbonyl (C=O) groups excluding carboxylic acids is 2. The van der Waals surface area contributed by atoms with Crippen molar-refractivity contribution >= 4 is 88.4 Å². The number of hydrogen-bond donors (Lipinski definition) is 4. The molecular weight excluding hydrogens is 1990 g/mol. The van der Waals surface area contributed by atoms with Crippen molar-refractivity contribution in [2.24, 2.45) is 41.4 Å². The Balaban J connectivity index is 0.000000222. The average Bonchev–Trinajstić information content (AvgIpc) is 1.75. The molecule has 766 valence electrons. The van der Waals surface area contributed by atoms with E-state index in [1.165, 1.54) is 28.8 Å². The summed E-state index contributed by atoms with van der Waals surface area (Å²) in [6, 6.07) is 65.0. The van der Waals surface area contributed by atoms with Crippen LogP contribution in [-0.4, -0.2) is 255 Å². The normalized spacial score (nSPS) is 23.1. The van der Waals surface area contributed by atoms with Crippen LogP contribution >= 0.6 is 30.2 Å². The summed E-state index contributed by atoms with van der Waals surface area (Å²) in [4.78, 5) is 46.5. The molecule has 5 N–H and O–H groups in total. The number of nitrogens with one attached hydrogen (secondary N) is 2. The number of anilines is 2. The van der Waals surface area contributed by atoms with Crippen LogP contribution in [0, 0.1) is 51.5 Å². The molecule has 0 bridgehead atoms. The van der Waals surface area contributed by atoms with Crippen LogP contribution in [0.2, 0.25) is 0 Å². The fourth-order valence-electron chi connectivity index (χ4n) is 19.3. The molecule has 7 aliphatic heterocycles. The first-order chi connectivity index (χ1) is 66.0. The molecule has 2 amide bonds. The molecule has 8 aromatic rings. The van der Waals surface area contributed by atoms with Gasteiger partial charge in [-0.05, 0) is 175 Å². The summed E-state index contributed by atoms with van der Waals surface area (Å²) in [5.41, 5.74) is 12.7. The van der Waals surface area contributed by atoms with Gasteiger partial charge in [-0.1, -0.05) is 191 Å². The Morgan fingerprint density at radius 3 is 1.06 bits per heavy atom. The van der Waals surface area contributed by atoms with Crippen LogP contribution in [0.4, 0.5) is 66.2 Å². The Kier molecular flexibility index (Phi) is 50.4. The van der Waals surface area contributed by atoms with Crippen molar-refractivity contribution in [3.63, 3.8) is 0 Å². The van der Waals surface area contributed by atoms with Crippen LogP contribution in [0.25, 0.3) is 0 Å². The molecule has 33 heteroatoms. The quantitative estimate of drug-likeness (QED) is 0.0130. The third-order valence-corrected chi connectivity index (χ3v) is 27.4. The number of nitrogens with two attached hydrogens (primary N) is 1. The van der Waals surface area contributed by atoms with Gasteiger partial charge in [0.15, 0.2) is 0 Å². The summed E-state index contributed by atoms with van der Waals surface area (Å²) >= 11 is -0.826. The topological polar surface area (TPSA) is 220 Å². The Hall–Kier alpha value is -7.95. The Morgan fingerprint density at radius 1 is 0.439 bits per heavy atom. The Bertz CT molecular complexity index is 4870. The maximum absolute atomic E-state index is 13.5. The van der Waals surface area contributed by atoms with Gasteiger partial charge in [-0.3, -0.25) is 41.2 Å². The van der Waals surface area contributed by atoms with Crippen LogP contribution in [0.15, 0.2) is 223 Å². The fourth-order valence-corrected chi connectivity index (χ4v) is 20.4. The number of nitrogens with zero attached hydrogens (tertiary/aromatic N) is 7. The molecule has 0 aromatic heterocycles. The summed E-state index contributed by atoms with van der Waals surface area (Å²) in [5.74, 6) is 1.81. The molecule has 15 rings (SSSR count). The second-order valence-corrected chi connectivity index (χ2v) is 44.5. The van der Waals surface area contributed by atoms with E-state index in [0.29, 0.717) is 56.5 Å². The first kappa shape index (κ1) is 118. The van der Waals surface area contributed by atoms with Crippen molar-refractivity contribution in [2.45, 2.75) is 159 Å². The van der Waals surface area contributed by atoms with Crippen molar-refractivity contribution in [3.05, 3.63) is 273 Å². The van der Waals surface area contributed by atoms with E-state index in [1.54, 1.807) is 46.2 Å². The van der Waals surface area contributed by atoms with Gasteiger partial charge in [-0.2, -0.15) is 13.2 Å². The van der Waals surface area contributed by atoms with Gasteiger partial charge in [0, 0.05) is 205 Å². The number of amides is 2. The summed E-state index contributed by atoms with van der Waals surface area (Å²) in [6.07, 6.45) is -0.946. The molecule has 14 atom stereocenters. The third kappa shape index (κ3) is 37.3. The minimum absolute atomic E-state index is 0. The van der Waals surface area contributed by atoms with Crippen molar-refractivity contribution in [1.82, 2.24) is 34.7 Å². The summed E-state index contributed by atoms with van der Waals surface area (Å²) in [5, 5.41) is 23.4. The molecule has 7 saturated heterocycles. The Labute approximate surface area is 842 Å². The van der Waals surface area contributed by atoms with Crippen molar-refractivity contribution in [1.29, 1.82) is 0 Å². The zero-order valence-corrected chi connectivity index (χ0v) is 87.8. The van der Waals surface area contributed by atoms with Crippen molar-refractivity contribution < 1.29 is 77.0 Å². The molecule has 0 saturated carbocycles. The maximum atomic E-state index is 13.5. The molecule has 139 heavy (non-hydrogen) atoms. The number of halogens is 12. The molecule has 19 nitrogen and oxygen atoms in total.